The molecule has 1 heterocycles. The predicted molar refractivity (Wildman–Crippen MR) is 146 cm³/mol. The molecule has 4 fully saturated rings. The molecule has 0 unspecified atom stereocenters. The average molecular weight is 557 g/mol. The molecule has 1 saturated heterocycles. The van der Waals surface area contributed by atoms with E-state index in [4.69, 9.17) is 0 Å². The minimum atomic E-state index is -1.71. The van der Waals surface area contributed by atoms with Crippen molar-refractivity contribution in [2.75, 3.05) is 6.54 Å². The van der Waals surface area contributed by atoms with Crippen molar-refractivity contribution in [1.29, 1.82) is 0 Å². The summed E-state index contributed by atoms with van der Waals surface area (Å²) >= 11 is 0. The lowest BCUT2D eigenvalue weighted by molar-refractivity contribution is -0.180. The third-order valence-electron chi connectivity index (χ3n) is 11.4. The topological polar surface area (TPSA) is 150 Å². The Bertz CT molecular complexity index is 1130. The molecule has 9 heteroatoms. The van der Waals surface area contributed by atoms with Gasteiger partial charge in [-0.15, -0.1) is 0 Å². The molecule has 9 nitrogen and oxygen atoms in total. The summed E-state index contributed by atoms with van der Waals surface area (Å²) in [4.78, 5) is 62.9. The standard InChI is InChI=1S/C31H44N2O7/c1-29-12-10-20(35)15-18(29)6-8-21-22-11-13-31(40,30(22,2)17-24(36)27(21)29)25(37)16-19(34)7-9-26(38)33-23-5-3-4-14-32-28(23)39/h15,21-24,27,36,40H,3-14,16-17H2,1-2H3,(H,32,39)(H,33,38)/t21-,22-,23+,24-,27+,29-,30-,31-/m0/s1. The van der Waals surface area contributed by atoms with Crippen LogP contribution in [0, 0.1) is 28.6 Å². The Morgan fingerprint density at radius 3 is 2.60 bits per heavy atom. The minimum absolute atomic E-state index is 0.0215. The Morgan fingerprint density at radius 1 is 1.05 bits per heavy atom. The van der Waals surface area contributed by atoms with Crippen molar-refractivity contribution in [3.63, 3.8) is 0 Å². The van der Waals surface area contributed by atoms with E-state index in [9.17, 15) is 34.2 Å². The van der Waals surface area contributed by atoms with E-state index in [0.717, 1.165) is 37.7 Å². The van der Waals surface area contributed by atoms with Gasteiger partial charge in [0.1, 0.15) is 17.4 Å². The van der Waals surface area contributed by atoms with E-state index in [1.807, 2.05) is 6.92 Å². The first-order chi connectivity index (χ1) is 18.9. The number of Topliss-reactive ketones (excluding diaryl/α,β-unsaturated/α-hetero) is 2. The first-order valence-electron chi connectivity index (χ1n) is 15.2. The molecule has 2 amide bonds. The Labute approximate surface area is 235 Å². The highest BCUT2D eigenvalue weighted by atomic mass is 16.3. The van der Waals surface area contributed by atoms with E-state index in [1.165, 1.54) is 0 Å². The SMILES string of the molecule is C[C@]12CCC(=O)C=C1CC[C@@H]1[C@@H]2[C@@H](O)C[C@@]2(C)[C@H]1CC[C@]2(O)C(=O)CC(=O)CCC(=O)N[C@@H]1CCCCNC1=O. The van der Waals surface area contributed by atoms with E-state index >= 15 is 0 Å². The molecular formula is C31H44N2O7. The molecule has 0 aromatic heterocycles. The number of carbonyl (C=O) groups is 5. The molecular weight excluding hydrogens is 512 g/mol. The lowest BCUT2D eigenvalue weighted by Gasteiger charge is -2.60. The van der Waals surface area contributed by atoms with Crippen LogP contribution in [0.25, 0.3) is 0 Å². The van der Waals surface area contributed by atoms with E-state index in [0.29, 0.717) is 25.8 Å². The number of hydrogen-bond acceptors (Lipinski definition) is 7. The van der Waals surface area contributed by atoms with Crippen LogP contribution in [0.2, 0.25) is 0 Å². The minimum Gasteiger partial charge on any atom is -0.393 e. The maximum absolute atomic E-state index is 13.5. The van der Waals surface area contributed by atoms with Crippen molar-refractivity contribution in [3.8, 4) is 0 Å². The number of hydrogen-bond donors (Lipinski definition) is 4. The molecule has 8 atom stereocenters. The fourth-order valence-corrected chi connectivity index (χ4v) is 9.16. The van der Waals surface area contributed by atoms with Gasteiger partial charge in [0.2, 0.25) is 11.8 Å². The van der Waals surface area contributed by atoms with Crippen LogP contribution in [-0.2, 0) is 24.0 Å². The zero-order chi connectivity index (χ0) is 28.9. The fourth-order valence-electron chi connectivity index (χ4n) is 9.16. The summed E-state index contributed by atoms with van der Waals surface area (Å²) in [6.07, 6.45) is 6.58. The van der Waals surface area contributed by atoms with E-state index < -0.39 is 47.1 Å². The smallest absolute Gasteiger partial charge is 0.242 e. The summed E-state index contributed by atoms with van der Waals surface area (Å²) in [5.41, 5.74) is -1.68. The van der Waals surface area contributed by atoms with Crippen LogP contribution in [0.5, 0.6) is 0 Å². The summed E-state index contributed by atoms with van der Waals surface area (Å²) in [6.45, 7) is 4.65. The van der Waals surface area contributed by atoms with Crippen molar-refractivity contribution in [2.45, 2.75) is 115 Å². The van der Waals surface area contributed by atoms with Gasteiger partial charge in [-0.05, 0) is 87.0 Å². The molecule has 0 bridgehead atoms. The van der Waals surface area contributed by atoms with Crippen molar-refractivity contribution in [2.24, 2.45) is 28.6 Å². The van der Waals surface area contributed by atoms with Crippen LogP contribution in [0.3, 0.4) is 0 Å². The molecule has 4 aliphatic carbocycles. The van der Waals surface area contributed by atoms with Crippen LogP contribution in [0.4, 0.5) is 0 Å². The van der Waals surface area contributed by atoms with Gasteiger partial charge in [-0.1, -0.05) is 19.4 Å². The molecule has 0 radical (unpaired) electrons. The first kappa shape index (κ1) is 29.1. The molecule has 1 aliphatic heterocycles. The monoisotopic (exact) mass is 556 g/mol. The summed E-state index contributed by atoms with van der Waals surface area (Å²) in [7, 11) is 0. The van der Waals surface area contributed by atoms with Crippen molar-refractivity contribution in [3.05, 3.63) is 11.6 Å². The quantitative estimate of drug-likeness (QED) is 0.352. The summed E-state index contributed by atoms with van der Waals surface area (Å²) in [5, 5.41) is 28.8. The van der Waals surface area contributed by atoms with E-state index in [1.54, 1.807) is 6.08 Å². The number of aliphatic hydroxyl groups excluding tert-OH is 1. The molecule has 4 N–H and O–H groups in total. The molecule has 40 heavy (non-hydrogen) atoms. The summed E-state index contributed by atoms with van der Waals surface area (Å²) in [5.74, 6) is -1.25. The highest BCUT2D eigenvalue weighted by Gasteiger charge is 2.68. The summed E-state index contributed by atoms with van der Waals surface area (Å²) in [6, 6.07) is -0.605. The van der Waals surface area contributed by atoms with Gasteiger partial charge in [0.25, 0.3) is 0 Å². The van der Waals surface area contributed by atoms with Crippen molar-refractivity contribution >= 4 is 29.2 Å². The average Bonchev–Trinajstić information content (AvgIpc) is 3.02. The first-order valence-corrected chi connectivity index (χ1v) is 15.2. The van der Waals surface area contributed by atoms with Crippen molar-refractivity contribution in [1.82, 2.24) is 10.6 Å². The van der Waals surface area contributed by atoms with Gasteiger partial charge in [-0.3, -0.25) is 24.0 Å². The molecule has 5 aliphatic rings. The van der Waals surface area contributed by atoms with E-state index in [2.05, 4.69) is 17.6 Å². The number of amides is 2. The Kier molecular flexibility index (Phi) is 7.85. The number of carbonyl (C=O) groups excluding carboxylic acids is 5. The van der Waals surface area contributed by atoms with E-state index in [-0.39, 0.29) is 60.5 Å². The van der Waals surface area contributed by atoms with Crippen LogP contribution >= 0.6 is 0 Å². The van der Waals surface area contributed by atoms with Crippen LogP contribution < -0.4 is 10.6 Å². The van der Waals surface area contributed by atoms with Gasteiger partial charge >= 0.3 is 0 Å². The normalized spacial score (nSPS) is 41.0. The van der Waals surface area contributed by atoms with Gasteiger partial charge in [0.05, 0.1) is 12.5 Å². The Balaban J connectivity index is 1.22. The number of allylic oxidation sites excluding steroid dienone is 1. The second kappa shape index (κ2) is 10.8. The summed E-state index contributed by atoms with van der Waals surface area (Å²) < 4.78 is 0. The van der Waals surface area contributed by atoms with Gasteiger partial charge in [0.15, 0.2) is 11.6 Å². The maximum Gasteiger partial charge on any atom is 0.242 e. The van der Waals surface area contributed by atoms with Gasteiger partial charge in [-0.25, -0.2) is 0 Å². The fraction of sp³-hybridized carbons (Fsp3) is 0.774. The second-order valence-electron chi connectivity index (χ2n) is 13.5. The Morgan fingerprint density at radius 2 is 1.82 bits per heavy atom. The molecule has 220 valence electrons. The lowest BCUT2D eigenvalue weighted by atomic mass is 9.45. The Hall–Kier alpha value is -2.39. The highest BCUT2D eigenvalue weighted by Crippen LogP contribution is 2.67. The number of fused-ring (bicyclic) bond motifs is 5. The molecule has 3 saturated carbocycles. The molecule has 0 aromatic carbocycles. The van der Waals surface area contributed by atoms with Crippen molar-refractivity contribution < 1.29 is 34.2 Å². The van der Waals surface area contributed by atoms with Gasteiger partial charge in [-0.2, -0.15) is 0 Å². The highest BCUT2D eigenvalue weighted by molar-refractivity contribution is 6.04. The maximum atomic E-state index is 13.5. The zero-order valence-electron chi connectivity index (χ0n) is 23.8. The number of aliphatic hydroxyl groups is 2. The zero-order valence-corrected chi connectivity index (χ0v) is 23.8. The third-order valence-corrected chi connectivity index (χ3v) is 11.4. The third kappa shape index (κ3) is 4.87. The number of ketones is 3. The molecule has 5 rings (SSSR count). The van der Waals surface area contributed by atoms with Crippen LogP contribution in [0.1, 0.15) is 97.3 Å². The number of rotatable bonds is 7. The largest absolute Gasteiger partial charge is 0.393 e. The number of nitrogens with one attached hydrogen (secondary N) is 2. The lowest BCUT2D eigenvalue weighted by Crippen LogP contribution is -2.61. The van der Waals surface area contributed by atoms with Gasteiger partial charge in [0, 0.05) is 31.2 Å². The second-order valence-corrected chi connectivity index (χ2v) is 13.5. The molecule has 0 aromatic rings. The van der Waals surface area contributed by atoms with Gasteiger partial charge < -0.3 is 20.8 Å². The predicted octanol–water partition coefficient (Wildman–Crippen LogP) is 2.31. The van der Waals surface area contributed by atoms with Crippen LogP contribution in [-0.4, -0.2) is 63.7 Å². The van der Waals surface area contributed by atoms with Crippen LogP contribution in [0.15, 0.2) is 11.6 Å². The molecule has 0 spiro atoms.